The minimum absolute atomic E-state index is 0.677. The van der Waals surface area contributed by atoms with E-state index in [0.717, 1.165) is 28.5 Å². The number of likely N-dealkylation sites (tertiary alicyclic amines) is 1. The second-order valence-corrected chi connectivity index (χ2v) is 8.19. The van der Waals surface area contributed by atoms with Crippen LogP contribution in [0.2, 0.25) is 0 Å². The van der Waals surface area contributed by atoms with Gasteiger partial charge in [-0.1, -0.05) is 55.0 Å². The molecule has 2 aromatic carbocycles. The number of thiazole rings is 1. The molecule has 1 fully saturated rings. The number of hydrogen-bond acceptors (Lipinski definition) is 5. The summed E-state index contributed by atoms with van der Waals surface area (Å²) in [5.41, 5.74) is 7.60. The monoisotopic (exact) mass is 390 g/mol. The number of aromatic nitrogens is 1. The first-order chi connectivity index (χ1) is 13.8. The molecule has 1 N–H and O–H groups in total. The van der Waals surface area contributed by atoms with E-state index in [2.05, 4.69) is 63.7 Å². The van der Waals surface area contributed by atoms with Crippen LogP contribution in [0.4, 0.5) is 5.13 Å². The Labute approximate surface area is 170 Å². The van der Waals surface area contributed by atoms with E-state index in [-0.39, 0.29) is 0 Å². The van der Waals surface area contributed by atoms with Crippen molar-refractivity contribution in [3.05, 3.63) is 71.1 Å². The molecule has 0 bridgehead atoms. The Kier molecular flexibility index (Phi) is 6.14. The number of rotatable bonds is 6. The second kappa shape index (κ2) is 9.13. The van der Waals surface area contributed by atoms with E-state index in [1.165, 1.54) is 31.4 Å². The molecule has 144 valence electrons. The molecule has 0 amide bonds. The van der Waals surface area contributed by atoms with Crippen LogP contribution in [0.25, 0.3) is 11.3 Å². The number of nitrogens with zero attached hydrogens (tertiary/aromatic N) is 3. The molecule has 4 rings (SSSR count). The molecule has 0 aliphatic carbocycles. The van der Waals surface area contributed by atoms with Gasteiger partial charge in [-0.05, 0) is 43.5 Å². The number of piperidine rings is 1. The van der Waals surface area contributed by atoms with Crippen LogP contribution in [0, 0.1) is 0 Å². The average Bonchev–Trinajstić information content (AvgIpc) is 3.20. The van der Waals surface area contributed by atoms with Gasteiger partial charge in [0.25, 0.3) is 0 Å². The molecular formula is C23H26N4S. The van der Waals surface area contributed by atoms with Gasteiger partial charge in [-0.3, -0.25) is 10.3 Å². The van der Waals surface area contributed by atoms with Crippen molar-refractivity contribution in [1.29, 1.82) is 0 Å². The predicted molar refractivity (Wildman–Crippen MR) is 119 cm³/mol. The predicted octanol–water partition coefficient (Wildman–Crippen LogP) is 5.63. The van der Waals surface area contributed by atoms with Gasteiger partial charge in [0, 0.05) is 23.5 Å². The smallest absolute Gasteiger partial charge is 0.203 e. The summed E-state index contributed by atoms with van der Waals surface area (Å²) < 4.78 is 0. The summed E-state index contributed by atoms with van der Waals surface area (Å²) in [7, 11) is 0. The molecular weight excluding hydrogens is 364 g/mol. The Bertz CT molecular complexity index is 919. The van der Waals surface area contributed by atoms with Crippen LogP contribution in [0.3, 0.4) is 0 Å². The highest BCUT2D eigenvalue weighted by Gasteiger charge is 2.17. The lowest BCUT2D eigenvalue weighted by atomic mass is 10.0. The zero-order valence-electron chi connectivity index (χ0n) is 16.2. The minimum atomic E-state index is 0.677. The van der Waals surface area contributed by atoms with Gasteiger partial charge in [-0.25, -0.2) is 4.98 Å². The second-order valence-electron chi connectivity index (χ2n) is 7.33. The fourth-order valence-electron chi connectivity index (χ4n) is 3.63. The Balaban J connectivity index is 1.37. The highest BCUT2D eigenvalue weighted by atomic mass is 32.1. The maximum atomic E-state index is 4.60. The third-order valence-electron chi connectivity index (χ3n) is 5.22. The average molecular weight is 391 g/mol. The summed E-state index contributed by atoms with van der Waals surface area (Å²) in [6.07, 6.45) is 5.85. The molecule has 1 aliphatic rings. The molecule has 4 nitrogen and oxygen atoms in total. The van der Waals surface area contributed by atoms with Crippen LogP contribution in [0.5, 0.6) is 0 Å². The SMILES string of the molecule is CC1CCCCN1Cc1cccc(C=NNc2nc(-c3ccccc3)cs2)c1. The van der Waals surface area contributed by atoms with Crippen molar-refractivity contribution in [2.75, 3.05) is 12.0 Å². The number of benzene rings is 2. The lowest BCUT2D eigenvalue weighted by Crippen LogP contribution is -2.36. The molecule has 1 saturated heterocycles. The van der Waals surface area contributed by atoms with Crippen molar-refractivity contribution in [2.24, 2.45) is 5.10 Å². The maximum absolute atomic E-state index is 4.60. The van der Waals surface area contributed by atoms with Crippen LogP contribution >= 0.6 is 11.3 Å². The van der Waals surface area contributed by atoms with E-state index in [9.17, 15) is 0 Å². The van der Waals surface area contributed by atoms with E-state index < -0.39 is 0 Å². The summed E-state index contributed by atoms with van der Waals surface area (Å²) in [6, 6.07) is 19.5. The topological polar surface area (TPSA) is 40.5 Å². The summed E-state index contributed by atoms with van der Waals surface area (Å²) in [5.74, 6) is 0. The first-order valence-electron chi connectivity index (χ1n) is 9.91. The van der Waals surface area contributed by atoms with Crippen molar-refractivity contribution >= 4 is 22.7 Å². The Morgan fingerprint density at radius 1 is 1.18 bits per heavy atom. The van der Waals surface area contributed by atoms with Gasteiger partial charge < -0.3 is 0 Å². The molecule has 5 heteroatoms. The van der Waals surface area contributed by atoms with Crippen molar-refractivity contribution < 1.29 is 0 Å². The number of anilines is 1. The molecule has 2 heterocycles. The molecule has 1 unspecified atom stereocenters. The van der Waals surface area contributed by atoms with Crippen molar-refractivity contribution in [2.45, 2.75) is 38.8 Å². The largest absolute Gasteiger partial charge is 0.296 e. The lowest BCUT2D eigenvalue weighted by molar-refractivity contribution is 0.152. The molecule has 0 spiro atoms. The third-order valence-corrected chi connectivity index (χ3v) is 5.97. The minimum Gasteiger partial charge on any atom is -0.296 e. The van der Waals surface area contributed by atoms with Crippen molar-refractivity contribution in [1.82, 2.24) is 9.88 Å². The normalized spacial score (nSPS) is 17.8. The quantitative estimate of drug-likeness (QED) is 0.438. The molecule has 1 aliphatic heterocycles. The van der Waals surface area contributed by atoms with E-state index in [1.54, 1.807) is 11.3 Å². The van der Waals surface area contributed by atoms with Gasteiger partial charge in [0.2, 0.25) is 5.13 Å². The molecule has 1 aromatic heterocycles. The van der Waals surface area contributed by atoms with E-state index in [0.29, 0.717) is 6.04 Å². The lowest BCUT2D eigenvalue weighted by Gasteiger charge is -2.33. The van der Waals surface area contributed by atoms with Gasteiger partial charge in [0.15, 0.2) is 0 Å². The van der Waals surface area contributed by atoms with Crippen LogP contribution in [0.1, 0.15) is 37.3 Å². The van der Waals surface area contributed by atoms with Gasteiger partial charge in [0.1, 0.15) is 0 Å². The zero-order chi connectivity index (χ0) is 19.2. The van der Waals surface area contributed by atoms with Gasteiger partial charge >= 0.3 is 0 Å². The number of nitrogens with one attached hydrogen (secondary N) is 1. The van der Waals surface area contributed by atoms with E-state index in [4.69, 9.17) is 0 Å². The fraction of sp³-hybridized carbons (Fsp3) is 0.304. The van der Waals surface area contributed by atoms with E-state index >= 15 is 0 Å². The first-order valence-corrected chi connectivity index (χ1v) is 10.8. The standard InChI is InChI=1S/C23H26N4S/c1-18-8-5-6-13-27(18)16-20-10-7-9-19(14-20)15-24-26-23-25-22(17-28-23)21-11-3-2-4-12-21/h2-4,7,9-12,14-15,17-18H,5-6,8,13,16H2,1H3,(H,25,26). The fourth-order valence-corrected chi connectivity index (χ4v) is 4.30. The van der Waals surface area contributed by atoms with Crippen LogP contribution in [-0.2, 0) is 6.54 Å². The Morgan fingerprint density at radius 3 is 2.93 bits per heavy atom. The maximum Gasteiger partial charge on any atom is 0.203 e. The third kappa shape index (κ3) is 4.86. The zero-order valence-corrected chi connectivity index (χ0v) is 17.0. The molecule has 28 heavy (non-hydrogen) atoms. The van der Waals surface area contributed by atoms with Gasteiger partial charge in [-0.2, -0.15) is 5.10 Å². The van der Waals surface area contributed by atoms with Crippen LogP contribution in [-0.4, -0.2) is 28.7 Å². The first kappa shape index (κ1) is 18.8. The van der Waals surface area contributed by atoms with Crippen LogP contribution in [0.15, 0.2) is 65.1 Å². The van der Waals surface area contributed by atoms with Gasteiger partial charge in [0.05, 0.1) is 11.9 Å². The summed E-state index contributed by atoms with van der Waals surface area (Å²) in [4.78, 5) is 7.18. The van der Waals surface area contributed by atoms with E-state index in [1.807, 2.05) is 29.8 Å². The van der Waals surface area contributed by atoms with Crippen molar-refractivity contribution in [3.8, 4) is 11.3 Å². The number of hydrazone groups is 1. The Hall–Kier alpha value is -2.50. The summed E-state index contributed by atoms with van der Waals surface area (Å²) in [5, 5.41) is 7.23. The highest BCUT2D eigenvalue weighted by Crippen LogP contribution is 2.24. The molecule has 3 aromatic rings. The van der Waals surface area contributed by atoms with Gasteiger partial charge in [-0.15, -0.1) is 11.3 Å². The van der Waals surface area contributed by atoms with Crippen molar-refractivity contribution in [3.63, 3.8) is 0 Å². The number of hydrogen-bond donors (Lipinski definition) is 1. The summed E-state index contributed by atoms with van der Waals surface area (Å²) >= 11 is 1.56. The Morgan fingerprint density at radius 2 is 2.07 bits per heavy atom. The molecule has 0 radical (unpaired) electrons. The molecule has 1 atom stereocenters. The highest BCUT2D eigenvalue weighted by molar-refractivity contribution is 7.14. The summed E-state index contributed by atoms with van der Waals surface area (Å²) in [6.45, 7) is 4.56. The van der Waals surface area contributed by atoms with Crippen LogP contribution < -0.4 is 5.43 Å². The molecule has 0 saturated carbocycles.